The van der Waals surface area contributed by atoms with Gasteiger partial charge in [-0.25, -0.2) is 9.78 Å². The average molecular weight is 741 g/mol. The molecule has 0 unspecified atom stereocenters. The largest absolute Gasteiger partial charge is 0.508 e. The normalized spacial score (nSPS) is 19.0. The number of rotatable bonds is 10. The summed E-state index contributed by atoms with van der Waals surface area (Å²) in [5, 5.41) is 38.9. The summed E-state index contributed by atoms with van der Waals surface area (Å²) in [6, 6.07) is 14.4. The van der Waals surface area contributed by atoms with Crippen LogP contribution in [0, 0.1) is 0 Å². The molecule has 0 bridgehead atoms. The number of carbonyl (C=O) groups excluding carboxylic acids is 3. The number of aliphatic hydroxyl groups excluding tert-OH is 1. The molecule has 1 fully saturated rings. The van der Waals surface area contributed by atoms with Crippen LogP contribution in [0.4, 0.5) is 5.82 Å². The van der Waals surface area contributed by atoms with E-state index in [0.717, 1.165) is 12.8 Å². The number of aromatic nitrogens is 2. The molecule has 0 saturated carbocycles. The first kappa shape index (κ1) is 34.4. The van der Waals surface area contributed by atoms with Crippen LogP contribution in [0.2, 0.25) is 0 Å². The number of phenolic OH excluding ortho intramolecular Hbond substituents is 2. The van der Waals surface area contributed by atoms with Crippen LogP contribution in [0.5, 0.6) is 23.0 Å². The molecule has 8 rings (SSSR count). The molecule has 53 heavy (non-hydrogen) atoms. The zero-order valence-electron chi connectivity index (χ0n) is 28.3. The van der Waals surface area contributed by atoms with Crippen molar-refractivity contribution in [1.29, 1.82) is 0 Å². The number of imidazole rings is 1. The van der Waals surface area contributed by atoms with Crippen LogP contribution in [0.15, 0.2) is 60.9 Å². The molecule has 4 aliphatic heterocycles. The molecule has 3 aromatic carbocycles. The highest BCUT2D eigenvalue weighted by atomic mass is 32.1. The Bertz CT molecular complexity index is 2100. The van der Waals surface area contributed by atoms with Crippen molar-refractivity contribution in [2.24, 2.45) is 0 Å². The number of nitrogens with zero attached hydrogens (tertiary/aromatic N) is 3. The van der Waals surface area contributed by atoms with Crippen LogP contribution in [0.3, 0.4) is 0 Å². The number of aromatic hydroxyl groups is 2. The zero-order valence-corrected chi connectivity index (χ0v) is 29.1. The van der Waals surface area contributed by atoms with Gasteiger partial charge in [-0.1, -0.05) is 24.4 Å². The molecule has 2 atom stereocenters. The molecule has 274 valence electrons. The molecule has 1 saturated heterocycles. The number of thiocarbonyl (C=S) groups is 1. The van der Waals surface area contributed by atoms with E-state index in [1.165, 1.54) is 24.3 Å². The van der Waals surface area contributed by atoms with Crippen molar-refractivity contribution in [3.63, 3.8) is 0 Å². The fourth-order valence-corrected chi connectivity index (χ4v) is 7.58. The van der Waals surface area contributed by atoms with Gasteiger partial charge < -0.3 is 50.4 Å². The third-order valence-electron chi connectivity index (χ3n) is 9.92. The number of phenols is 2. The monoisotopic (exact) mass is 740 g/mol. The van der Waals surface area contributed by atoms with Crippen molar-refractivity contribution < 1.29 is 43.9 Å². The van der Waals surface area contributed by atoms with Gasteiger partial charge in [0, 0.05) is 60.4 Å². The molecule has 16 heteroatoms. The van der Waals surface area contributed by atoms with E-state index in [1.807, 2.05) is 0 Å². The summed E-state index contributed by atoms with van der Waals surface area (Å²) < 4.78 is 19.8. The quantitative estimate of drug-likeness (QED) is 0.0789. The van der Waals surface area contributed by atoms with Crippen molar-refractivity contribution in [2.75, 3.05) is 38.2 Å². The lowest BCUT2D eigenvalue weighted by atomic mass is 9.77. The highest BCUT2D eigenvalue weighted by molar-refractivity contribution is 7.80. The Morgan fingerprint density at radius 1 is 0.981 bits per heavy atom. The number of aliphatic hydroxyl groups is 1. The maximum absolute atomic E-state index is 13.4. The number of anilines is 1. The summed E-state index contributed by atoms with van der Waals surface area (Å²) in [6.07, 6.45) is 3.21. The van der Waals surface area contributed by atoms with Crippen molar-refractivity contribution >= 4 is 40.8 Å². The lowest BCUT2D eigenvalue weighted by Crippen LogP contribution is -2.41. The number of benzene rings is 3. The van der Waals surface area contributed by atoms with Gasteiger partial charge in [0.15, 0.2) is 11.3 Å². The molecule has 0 aliphatic carbocycles. The Labute approximate surface area is 308 Å². The van der Waals surface area contributed by atoms with Crippen LogP contribution < -0.4 is 20.7 Å². The Morgan fingerprint density at radius 2 is 1.70 bits per heavy atom. The van der Waals surface area contributed by atoms with Gasteiger partial charge in [-0.3, -0.25) is 14.2 Å². The average Bonchev–Trinajstić information content (AvgIpc) is 3.87. The van der Waals surface area contributed by atoms with Crippen LogP contribution >= 0.6 is 12.2 Å². The standard InChI is InChI=1S/C37H36N6O9S/c44-17-23-6-10-31(50-23)43-19-40-32-33(43)41-18-42(35(32)48)13-1-2-30(47)38-11-12-39-34(53)20-3-7-25-24(14-20)36(49)52-37(25)26-8-4-21(45)15-28(26)51-29-16-22(46)5-9-27(29)37/h3-5,7-9,14-16,19,23,31,41,44-46H,1-2,6,10-13,17-18H2,(H,38,47)(H,39,53)/t23-,31+/m0/s1. The van der Waals surface area contributed by atoms with E-state index < -0.39 is 11.6 Å². The number of amides is 2. The van der Waals surface area contributed by atoms with Gasteiger partial charge in [0.1, 0.15) is 40.0 Å². The number of fused-ring (bicyclic) bond motifs is 7. The van der Waals surface area contributed by atoms with Gasteiger partial charge in [0.2, 0.25) is 5.91 Å². The Hall–Kier alpha value is -5.71. The lowest BCUT2D eigenvalue weighted by Gasteiger charge is -2.36. The fourth-order valence-electron chi connectivity index (χ4n) is 7.35. The molecular weight excluding hydrogens is 705 g/mol. The minimum absolute atomic E-state index is 0.0285. The Balaban J connectivity index is 0.839. The predicted octanol–water partition coefficient (Wildman–Crippen LogP) is 3.22. The maximum Gasteiger partial charge on any atom is 0.340 e. The molecule has 2 amide bonds. The maximum atomic E-state index is 13.4. The first-order chi connectivity index (χ1) is 25.7. The summed E-state index contributed by atoms with van der Waals surface area (Å²) >= 11 is 5.62. The van der Waals surface area contributed by atoms with E-state index in [2.05, 4.69) is 20.9 Å². The highest BCUT2D eigenvalue weighted by Gasteiger charge is 2.53. The van der Waals surface area contributed by atoms with E-state index in [-0.39, 0.29) is 55.3 Å². The molecule has 15 nitrogen and oxygen atoms in total. The molecule has 4 aromatic rings. The lowest BCUT2D eigenvalue weighted by molar-refractivity contribution is -0.121. The number of esters is 1. The second-order valence-electron chi connectivity index (χ2n) is 13.2. The van der Waals surface area contributed by atoms with Crippen LogP contribution in [0.25, 0.3) is 0 Å². The highest BCUT2D eigenvalue weighted by Crippen LogP contribution is 2.57. The number of hydrogen-bond acceptors (Lipinski definition) is 12. The fraction of sp³-hybridized carbons (Fsp3) is 0.324. The van der Waals surface area contributed by atoms with Gasteiger partial charge in [-0.2, -0.15) is 0 Å². The second-order valence-corrected chi connectivity index (χ2v) is 13.6. The summed E-state index contributed by atoms with van der Waals surface area (Å²) in [5.41, 5.74) is 1.45. The first-order valence-corrected chi connectivity index (χ1v) is 17.7. The van der Waals surface area contributed by atoms with Gasteiger partial charge in [0.05, 0.1) is 31.3 Å². The van der Waals surface area contributed by atoms with E-state index in [1.54, 1.807) is 46.1 Å². The van der Waals surface area contributed by atoms with Gasteiger partial charge in [-0.05, 0) is 49.6 Å². The number of nitrogens with one attached hydrogen (secondary N) is 3. The van der Waals surface area contributed by atoms with Crippen molar-refractivity contribution in [2.45, 2.75) is 43.6 Å². The minimum Gasteiger partial charge on any atom is -0.508 e. The van der Waals surface area contributed by atoms with Crippen molar-refractivity contribution in [3.05, 3.63) is 94.4 Å². The molecule has 6 N–H and O–H groups in total. The van der Waals surface area contributed by atoms with E-state index in [0.29, 0.717) is 81.9 Å². The van der Waals surface area contributed by atoms with Gasteiger partial charge >= 0.3 is 5.97 Å². The molecule has 0 radical (unpaired) electrons. The van der Waals surface area contributed by atoms with Crippen LogP contribution in [-0.2, 0) is 19.9 Å². The first-order valence-electron chi connectivity index (χ1n) is 17.3. The Morgan fingerprint density at radius 3 is 2.42 bits per heavy atom. The predicted molar refractivity (Wildman–Crippen MR) is 192 cm³/mol. The molecule has 1 aromatic heterocycles. The minimum atomic E-state index is -1.37. The van der Waals surface area contributed by atoms with E-state index >= 15 is 0 Å². The number of hydrogen-bond donors (Lipinski definition) is 6. The molecule has 5 heterocycles. The van der Waals surface area contributed by atoms with Crippen molar-refractivity contribution in [3.8, 4) is 23.0 Å². The molecule has 1 spiro atoms. The molecular formula is C37H36N6O9S. The summed E-state index contributed by atoms with van der Waals surface area (Å²) in [7, 11) is 0. The third kappa shape index (κ3) is 6.07. The van der Waals surface area contributed by atoms with E-state index in [4.69, 9.17) is 26.4 Å². The molecule has 4 aliphatic rings. The van der Waals surface area contributed by atoms with Crippen LogP contribution in [-0.4, -0.2) is 91.6 Å². The Kier molecular flexibility index (Phi) is 8.88. The SMILES string of the molecule is O=C(CCCN1CNc2c(ncn2[C@H]2CC[C@@H](CO)O2)C1=O)NCCNC(=S)c1ccc2c(c1)C(=O)OC21c2ccc(O)cc2Oc2cc(O)ccc21. The summed E-state index contributed by atoms with van der Waals surface area (Å²) in [5.74, 6) is 0.176. The zero-order chi connectivity index (χ0) is 36.9. The van der Waals surface area contributed by atoms with Gasteiger partial charge in [0.25, 0.3) is 5.91 Å². The topological polar surface area (TPSA) is 197 Å². The third-order valence-corrected chi connectivity index (χ3v) is 10.3. The number of carbonyl (C=O) groups is 3. The smallest absolute Gasteiger partial charge is 0.340 e. The van der Waals surface area contributed by atoms with Crippen LogP contribution in [0.1, 0.15) is 75.0 Å². The second kappa shape index (κ2) is 13.7. The van der Waals surface area contributed by atoms with E-state index in [9.17, 15) is 29.7 Å². The summed E-state index contributed by atoms with van der Waals surface area (Å²) in [4.78, 5) is 45.4. The summed E-state index contributed by atoms with van der Waals surface area (Å²) in [6.45, 7) is 1.24. The number of ether oxygens (including phenoxy) is 3. The van der Waals surface area contributed by atoms with Gasteiger partial charge in [-0.15, -0.1) is 0 Å². The van der Waals surface area contributed by atoms with Crippen molar-refractivity contribution in [1.82, 2.24) is 25.1 Å².